The van der Waals surface area contributed by atoms with Crippen molar-refractivity contribution in [3.8, 4) is 0 Å². The Kier molecular flexibility index (Phi) is 6.16. The van der Waals surface area contributed by atoms with Gasteiger partial charge < -0.3 is 22.3 Å². The summed E-state index contributed by atoms with van der Waals surface area (Å²) in [6.07, 6.45) is 0.979. The predicted octanol–water partition coefficient (Wildman–Crippen LogP) is -0.555. The highest BCUT2D eigenvalue weighted by Gasteiger charge is 2.26. The fourth-order valence-corrected chi connectivity index (χ4v) is 3.75. The van der Waals surface area contributed by atoms with Crippen LogP contribution in [-0.4, -0.2) is 42.4 Å². The van der Waals surface area contributed by atoms with Gasteiger partial charge in [0, 0.05) is 18.0 Å². The van der Waals surface area contributed by atoms with Crippen LogP contribution in [0.15, 0.2) is 34.3 Å². The fourth-order valence-electron chi connectivity index (χ4n) is 2.50. The smallest absolute Gasteiger partial charge is 0.321 e. The number of hydrogen-bond donors (Lipinski definition) is 5. The van der Waals surface area contributed by atoms with E-state index in [1.54, 1.807) is 19.2 Å². The van der Waals surface area contributed by atoms with E-state index < -0.39 is 27.9 Å². The molecule has 0 aliphatic rings. The first-order valence-corrected chi connectivity index (χ1v) is 9.52. The summed E-state index contributed by atoms with van der Waals surface area (Å²) in [5, 5.41) is 10.3. The van der Waals surface area contributed by atoms with E-state index in [0.717, 1.165) is 5.56 Å². The van der Waals surface area contributed by atoms with Gasteiger partial charge in [-0.25, -0.2) is 13.4 Å². The number of aryl methyl sites for hydroxylation is 1. The van der Waals surface area contributed by atoms with Crippen LogP contribution in [0.5, 0.6) is 0 Å². The molecular formula is C16H20N6O5S. The minimum Gasteiger partial charge on any atom is -0.480 e. The first-order valence-electron chi connectivity index (χ1n) is 8.03. The van der Waals surface area contributed by atoms with Gasteiger partial charge in [0.15, 0.2) is 11.8 Å². The van der Waals surface area contributed by atoms with Gasteiger partial charge in [0.2, 0.25) is 15.9 Å². The Labute approximate surface area is 160 Å². The zero-order valence-corrected chi connectivity index (χ0v) is 15.7. The van der Waals surface area contributed by atoms with E-state index in [9.17, 15) is 23.1 Å². The third-order valence-electron chi connectivity index (χ3n) is 3.86. The molecule has 1 amide bonds. The predicted molar refractivity (Wildman–Crippen MR) is 102 cm³/mol. The van der Waals surface area contributed by atoms with E-state index >= 15 is 0 Å². The Morgan fingerprint density at radius 3 is 2.50 bits per heavy atom. The molecular weight excluding hydrogens is 388 g/mol. The Bertz CT molecular complexity index is 1060. The van der Waals surface area contributed by atoms with Crippen LogP contribution in [0.25, 0.3) is 10.8 Å². The summed E-state index contributed by atoms with van der Waals surface area (Å²) in [6.45, 7) is 1.78. The molecule has 12 heteroatoms. The summed E-state index contributed by atoms with van der Waals surface area (Å²) >= 11 is 0. The number of rotatable bonds is 8. The normalized spacial score (nSPS) is 12.5. The van der Waals surface area contributed by atoms with Crippen molar-refractivity contribution in [1.82, 2.24) is 9.71 Å². The Morgan fingerprint density at radius 2 is 1.93 bits per heavy atom. The summed E-state index contributed by atoms with van der Waals surface area (Å²) in [5.74, 6) is -2.29. The molecule has 0 bridgehead atoms. The molecule has 0 fully saturated rings. The SMILES string of the molecule is Cc1cnc(N=C(N)N)c2cc(S(=O)(=O)N[C@@H](CCC(N)=O)C(=O)O)ccc12. The first kappa shape index (κ1) is 21.1. The van der Waals surface area contributed by atoms with Crippen molar-refractivity contribution in [2.75, 3.05) is 0 Å². The summed E-state index contributed by atoms with van der Waals surface area (Å²) in [7, 11) is -4.22. The molecule has 1 heterocycles. The number of nitrogens with one attached hydrogen (secondary N) is 1. The highest BCUT2D eigenvalue weighted by molar-refractivity contribution is 7.89. The number of nitrogens with zero attached hydrogens (tertiary/aromatic N) is 2. The van der Waals surface area contributed by atoms with Crippen molar-refractivity contribution in [3.05, 3.63) is 30.0 Å². The van der Waals surface area contributed by atoms with Crippen molar-refractivity contribution in [2.45, 2.75) is 30.7 Å². The second-order valence-electron chi connectivity index (χ2n) is 6.03. The van der Waals surface area contributed by atoms with Crippen LogP contribution in [0.2, 0.25) is 0 Å². The number of nitrogens with two attached hydrogens (primary N) is 3. The van der Waals surface area contributed by atoms with Crippen LogP contribution in [0.3, 0.4) is 0 Å². The maximum absolute atomic E-state index is 12.7. The lowest BCUT2D eigenvalue weighted by Gasteiger charge is -2.15. The van der Waals surface area contributed by atoms with E-state index in [1.807, 2.05) is 0 Å². The third kappa shape index (κ3) is 4.92. The van der Waals surface area contributed by atoms with Crippen molar-refractivity contribution in [3.63, 3.8) is 0 Å². The molecule has 2 rings (SSSR count). The van der Waals surface area contributed by atoms with Crippen LogP contribution >= 0.6 is 0 Å². The number of hydrogen-bond acceptors (Lipinski definition) is 6. The monoisotopic (exact) mass is 408 g/mol. The van der Waals surface area contributed by atoms with Crippen molar-refractivity contribution in [1.29, 1.82) is 0 Å². The molecule has 11 nitrogen and oxygen atoms in total. The zero-order chi connectivity index (χ0) is 21.1. The summed E-state index contributed by atoms with van der Waals surface area (Å²) in [4.78, 5) is 30.0. The molecule has 0 spiro atoms. The Hall–Kier alpha value is -3.25. The Morgan fingerprint density at radius 1 is 1.25 bits per heavy atom. The number of guanidine groups is 1. The van der Waals surface area contributed by atoms with Crippen LogP contribution in [0.4, 0.5) is 5.82 Å². The second-order valence-corrected chi connectivity index (χ2v) is 7.74. The minimum atomic E-state index is -4.22. The van der Waals surface area contributed by atoms with Gasteiger partial charge in [-0.1, -0.05) is 6.07 Å². The van der Waals surface area contributed by atoms with Crippen molar-refractivity contribution in [2.24, 2.45) is 22.2 Å². The Balaban J connectivity index is 2.49. The van der Waals surface area contributed by atoms with Crippen molar-refractivity contribution < 1.29 is 23.1 Å². The summed E-state index contributed by atoms with van der Waals surface area (Å²) in [6, 6.07) is 2.66. The molecule has 1 aromatic heterocycles. The second kappa shape index (κ2) is 8.19. The quantitative estimate of drug-likeness (QED) is 0.282. The fraction of sp³-hybridized carbons (Fsp3) is 0.250. The number of amides is 1. The average molecular weight is 408 g/mol. The number of benzene rings is 1. The molecule has 0 unspecified atom stereocenters. The number of sulfonamides is 1. The van der Waals surface area contributed by atoms with Gasteiger partial charge in [-0.2, -0.15) is 9.71 Å². The minimum absolute atomic E-state index is 0.126. The molecule has 1 atom stereocenters. The molecule has 0 aliphatic heterocycles. The lowest BCUT2D eigenvalue weighted by Crippen LogP contribution is -2.41. The largest absolute Gasteiger partial charge is 0.480 e. The molecule has 0 saturated heterocycles. The highest BCUT2D eigenvalue weighted by Crippen LogP contribution is 2.28. The number of carbonyl (C=O) groups excluding carboxylic acids is 1. The van der Waals surface area contributed by atoms with Crippen LogP contribution < -0.4 is 21.9 Å². The molecule has 0 aliphatic carbocycles. The maximum atomic E-state index is 12.7. The number of aromatic nitrogens is 1. The van der Waals surface area contributed by atoms with E-state index in [2.05, 4.69) is 14.7 Å². The summed E-state index contributed by atoms with van der Waals surface area (Å²) in [5.41, 5.74) is 16.5. The molecule has 1 aromatic carbocycles. The van der Waals surface area contributed by atoms with Crippen LogP contribution in [-0.2, 0) is 19.6 Å². The van der Waals surface area contributed by atoms with Gasteiger partial charge in [-0.3, -0.25) is 9.59 Å². The number of carbonyl (C=O) groups is 2. The number of aliphatic carboxylic acids is 1. The lowest BCUT2D eigenvalue weighted by atomic mass is 10.1. The van der Waals surface area contributed by atoms with Gasteiger partial charge >= 0.3 is 5.97 Å². The van der Waals surface area contributed by atoms with Gasteiger partial charge in [0.05, 0.1) is 4.90 Å². The van der Waals surface area contributed by atoms with Crippen LogP contribution in [0.1, 0.15) is 18.4 Å². The molecule has 0 radical (unpaired) electrons. The summed E-state index contributed by atoms with van der Waals surface area (Å²) < 4.78 is 27.4. The van der Waals surface area contributed by atoms with E-state index in [0.29, 0.717) is 10.8 Å². The lowest BCUT2D eigenvalue weighted by molar-refractivity contribution is -0.139. The molecule has 28 heavy (non-hydrogen) atoms. The number of carboxylic acid groups (broad SMARTS) is 1. The molecule has 0 saturated carbocycles. The van der Waals surface area contributed by atoms with Crippen LogP contribution in [0, 0.1) is 6.92 Å². The molecule has 150 valence electrons. The number of primary amides is 1. The van der Waals surface area contributed by atoms with Gasteiger partial charge in [-0.15, -0.1) is 0 Å². The highest BCUT2D eigenvalue weighted by atomic mass is 32.2. The van der Waals surface area contributed by atoms with Gasteiger partial charge in [-0.05, 0) is 36.4 Å². The molecule has 2 aromatic rings. The number of carboxylic acids is 1. The molecule has 8 N–H and O–H groups in total. The first-order chi connectivity index (χ1) is 13.0. The number of aliphatic imine (C=N–C) groups is 1. The number of fused-ring (bicyclic) bond motifs is 1. The topological polar surface area (TPSA) is 204 Å². The zero-order valence-electron chi connectivity index (χ0n) is 14.9. The maximum Gasteiger partial charge on any atom is 0.321 e. The standard InChI is InChI=1S/C16H20N6O5S/c1-8-7-20-14(21-16(18)19)11-6-9(2-3-10(8)11)28(26,27)22-12(15(24)25)4-5-13(17)23/h2-3,6-7,12,22H,4-5H2,1H3,(H2,17,23)(H,24,25)(H4,18,19,20,21)/t12-/m0/s1. The van der Waals surface area contributed by atoms with Gasteiger partial charge in [0.25, 0.3) is 0 Å². The average Bonchev–Trinajstić information content (AvgIpc) is 2.60. The van der Waals surface area contributed by atoms with E-state index in [-0.39, 0.29) is 29.5 Å². The van der Waals surface area contributed by atoms with Gasteiger partial charge in [0.1, 0.15) is 6.04 Å². The van der Waals surface area contributed by atoms with E-state index in [4.69, 9.17) is 17.2 Å². The van der Waals surface area contributed by atoms with Crippen molar-refractivity contribution >= 4 is 44.4 Å². The third-order valence-corrected chi connectivity index (χ3v) is 5.33. The van der Waals surface area contributed by atoms with E-state index in [1.165, 1.54) is 12.1 Å². The number of pyridine rings is 1.